The van der Waals surface area contributed by atoms with Gasteiger partial charge in [-0.15, -0.1) is 0 Å². The number of phosphoric acid groups is 1. The molecule has 14 nitrogen and oxygen atoms in total. The zero-order valence-corrected chi connectivity index (χ0v) is 48.8. The highest BCUT2D eigenvalue weighted by Crippen LogP contribution is 2.44. The second-order valence-electron chi connectivity index (χ2n) is 22.1. The maximum Gasteiger partial charge on any atom is 0.472 e. The molecule has 0 radical (unpaired) electrons. The molecule has 432 valence electrons. The summed E-state index contributed by atoms with van der Waals surface area (Å²) in [7, 11) is -4.94. The fourth-order valence-electron chi connectivity index (χ4n) is 8.88. The van der Waals surface area contributed by atoms with Crippen molar-refractivity contribution in [3.8, 4) is 0 Å². The first-order valence-corrected chi connectivity index (χ1v) is 30.3. The van der Waals surface area contributed by atoms with E-state index in [0.717, 1.165) is 87.3 Å². The Kier molecular flexibility index (Phi) is 32.3. The number of hydrogen-bond donors (Lipinski definition) is 2. The molecule has 0 aliphatic rings. The Morgan fingerprint density at radius 2 is 0.896 bits per heavy atom. The van der Waals surface area contributed by atoms with Crippen LogP contribution >= 0.6 is 7.82 Å². The minimum atomic E-state index is -4.94. The fourth-order valence-corrected chi connectivity index (χ4v) is 9.65. The van der Waals surface area contributed by atoms with Gasteiger partial charge in [-0.2, -0.15) is 0 Å². The van der Waals surface area contributed by atoms with Gasteiger partial charge in [-0.3, -0.25) is 18.6 Å². The molecular formula is C62H96NO13P. The van der Waals surface area contributed by atoms with Crippen LogP contribution in [0.2, 0.25) is 0 Å². The molecule has 0 saturated heterocycles. The molecule has 3 aromatic rings. The lowest BCUT2D eigenvalue weighted by Crippen LogP contribution is -2.48. The van der Waals surface area contributed by atoms with Crippen molar-refractivity contribution in [2.45, 2.75) is 232 Å². The number of nitrogens with one attached hydrogen (secondary N) is 1. The summed E-state index contributed by atoms with van der Waals surface area (Å²) in [6, 6.07) is 29.7. The van der Waals surface area contributed by atoms with E-state index >= 15 is 0 Å². The summed E-state index contributed by atoms with van der Waals surface area (Å²) >= 11 is 0. The predicted octanol–water partition coefficient (Wildman–Crippen LogP) is 15.2. The lowest BCUT2D eigenvalue weighted by molar-refractivity contribution is -0.161. The largest absolute Gasteiger partial charge is 0.472 e. The van der Waals surface area contributed by atoms with Gasteiger partial charge in [-0.05, 0) is 77.5 Å². The van der Waals surface area contributed by atoms with E-state index in [1.54, 1.807) is 41.5 Å². The van der Waals surface area contributed by atoms with Crippen LogP contribution in [0.1, 0.15) is 219 Å². The van der Waals surface area contributed by atoms with Crippen LogP contribution in [0.15, 0.2) is 91.0 Å². The van der Waals surface area contributed by atoms with E-state index in [4.69, 9.17) is 32.7 Å². The number of rotatable bonds is 41. The van der Waals surface area contributed by atoms with Crippen molar-refractivity contribution in [3.05, 3.63) is 108 Å². The molecule has 15 heteroatoms. The first-order valence-electron chi connectivity index (χ1n) is 28.8. The van der Waals surface area contributed by atoms with Crippen LogP contribution in [0.25, 0.3) is 0 Å². The number of unbranched alkanes of at least 4 members (excludes halogenated alkanes) is 20. The molecule has 0 bridgehead atoms. The van der Waals surface area contributed by atoms with Gasteiger partial charge in [-0.1, -0.05) is 220 Å². The molecule has 0 saturated carbocycles. The molecule has 2 N–H and O–H groups in total. The number of carbonyl (C=O) groups excluding carboxylic acids is 4. The number of ether oxygens (including phenoxy) is 5. The van der Waals surface area contributed by atoms with Crippen LogP contribution in [0.5, 0.6) is 0 Å². The van der Waals surface area contributed by atoms with Gasteiger partial charge >= 0.3 is 31.8 Å². The third-order valence-electron chi connectivity index (χ3n) is 12.8. The SMILES string of the molecule is CCCCCCCCCCCCCCCC(=O)OC[C@H](COP(=O)(O)OC[C@H](NC(=O)OC(C)(C)C)C(=O)OC(C)(C)C)OC(=O)CCCCCCCCCCCOC(c1ccccc1)(c1ccccc1)c1ccccc1. The fraction of sp³-hybridized carbons (Fsp3) is 0.645. The van der Waals surface area contributed by atoms with Crippen molar-refractivity contribution in [3.63, 3.8) is 0 Å². The average molecular weight is 1090 g/mol. The van der Waals surface area contributed by atoms with Gasteiger partial charge in [0.25, 0.3) is 0 Å². The normalized spacial score (nSPS) is 13.5. The van der Waals surface area contributed by atoms with Gasteiger partial charge in [-0.25, -0.2) is 14.2 Å². The van der Waals surface area contributed by atoms with Crippen molar-refractivity contribution >= 4 is 31.8 Å². The highest BCUT2D eigenvalue weighted by molar-refractivity contribution is 7.47. The van der Waals surface area contributed by atoms with E-state index in [9.17, 15) is 28.6 Å². The zero-order valence-electron chi connectivity index (χ0n) is 47.9. The van der Waals surface area contributed by atoms with E-state index in [0.29, 0.717) is 19.4 Å². The standard InChI is InChI=1S/C62H96NO13P/c1-8-9-10-11-12-13-14-15-16-18-21-24-36-45-56(64)70-48-54(49-72-77(68,69)73-50-55(58(66)75-60(2,3)4)63-59(67)76-61(5,6)7)74-57(65)46-37-25-22-19-17-20-23-26-38-47-71-62(51-39-30-27-31-40-51,52-41-32-28-33-42-52)53-43-34-29-35-44-53/h27-35,39-44,54-55H,8-26,36-38,45-50H2,1-7H3,(H,63,67)(H,68,69)/t54-,55+/m1/s1. The predicted molar refractivity (Wildman–Crippen MR) is 303 cm³/mol. The Morgan fingerprint density at radius 3 is 1.32 bits per heavy atom. The van der Waals surface area contributed by atoms with Crippen molar-refractivity contribution < 1.29 is 61.4 Å². The van der Waals surface area contributed by atoms with Gasteiger partial charge in [0.2, 0.25) is 0 Å². The molecule has 0 aromatic heterocycles. The van der Waals surface area contributed by atoms with E-state index in [1.165, 1.54) is 57.8 Å². The number of esters is 3. The summed E-state index contributed by atoms with van der Waals surface area (Å²) in [6.07, 6.45) is 22.0. The summed E-state index contributed by atoms with van der Waals surface area (Å²) in [4.78, 5) is 62.1. The lowest BCUT2D eigenvalue weighted by atomic mass is 9.80. The maximum absolute atomic E-state index is 13.1. The number of amides is 1. The smallest absolute Gasteiger partial charge is 0.462 e. The number of hydrogen-bond acceptors (Lipinski definition) is 12. The van der Waals surface area contributed by atoms with Crippen LogP contribution in [-0.2, 0) is 57.3 Å². The minimum Gasteiger partial charge on any atom is -0.462 e. The summed E-state index contributed by atoms with van der Waals surface area (Å²) in [5, 5.41) is 2.32. The lowest BCUT2D eigenvalue weighted by Gasteiger charge is -2.36. The van der Waals surface area contributed by atoms with Gasteiger partial charge < -0.3 is 33.9 Å². The molecule has 0 aliphatic heterocycles. The van der Waals surface area contributed by atoms with Crippen molar-refractivity contribution in [1.29, 1.82) is 0 Å². The molecule has 0 aliphatic carbocycles. The molecule has 3 aromatic carbocycles. The van der Waals surface area contributed by atoms with Crippen LogP contribution < -0.4 is 5.32 Å². The Balaban J connectivity index is 1.45. The number of alkyl carbamates (subject to hydrolysis) is 1. The third kappa shape index (κ3) is 29.8. The first-order chi connectivity index (χ1) is 36.8. The Labute approximate surface area is 462 Å². The molecule has 0 spiro atoms. The van der Waals surface area contributed by atoms with Gasteiger partial charge in [0.15, 0.2) is 12.1 Å². The number of benzene rings is 3. The molecule has 1 amide bonds. The average Bonchev–Trinajstić information content (AvgIpc) is 3.39. The van der Waals surface area contributed by atoms with Crippen LogP contribution in [0, 0.1) is 0 Å². The minimum absolute atomic E-state index is 0.0982. The van der Waals surface area contributed by atoms with Crippen molar-refractivity contribution in [1.82, 2.24) is 5.32 Å². The van der Waals surface area contributed by atoms with Crippen molar-refractivity contribution in [2.75, 3.05) is 26.4 Å². The van der Waals surface area contributed by atoms with E-state index in [1.807, 2.05) is 18.2 Å². The summed E-state index contributed by atoms with van der Waals surface area (Å²) in [5.74, 6) is -1.98. The monoisotopic (exact) mass is 1090 g/mol. The van der Waals surface area contributed by atoms with E-state index < -0.39 is 80.6 Å². The Morgan fingerprint density at radius 1 is 0.506 bits per heavy atom. The van der Waals surface area contributed by atoms with Crippen LogP contribution in [0.3, 0.4) is 0 Å². The summed E-state index contributed by atoms with van der Waals surface area (Å²) in [6.45, 7) is 10.8. The number of phosphoric ester groups is 1. The van der Waals surface area contributed by atoms with Gasteiger partial charge in [0, 0.05) is 19.4 Å². The molecule has 77 heavy (non-hydrogen) atoms. The van der Waals surface area contributed by atoms with E-state index in [-0.39, 0.29) is 12.8 Å². The molecule has 0 fully saturated rings. The van der Waals surface area contributed by atoms with Gasteiger partial charge in [0.05, 0.1) is 13.2 Å². The molecular weight excluding hydrogens is 998 g/mol. The molecule has 3 atom stereocenters. The van der Waals surface area contributed by atoms with Crippen LogP contribution in [0.4, 0.5) is 4.79 Å². The quantitative estimate of drug-likeness (QED) is 0.0180. The number of carbonyl (C=O) groups is 4. The maximum atomic E-state index is 13.1. The topological polar surface area (TPSA) is 182 Å². The summed E-state index contributed by atoms with van der Waals surface area (Å²) < 4.78 is 52.2. The van der Waals surface area contributed by atoms with Crippen molar-refractivity contribution in [2.24, 2.45) is 0 Å². The molecule has 1 unspecified atom stereocenters. The third-order valence-corrected chi connectivity index (χ3v) is 13.8. The first kappa shape index (κ1) is 66.7. The molecule has 3 rings (SSSR count). The Bertz CT molecular complexity index is 2010. The van der Waals surface area contributed by atoms with E-state index in [2.05, 4.69) is 85.0 Å². The molecule has 0 heterocycles. The van der Waals surface area contributed by atoms with Gasteiger partial charge in [0.1, 0.15) is 23.4 Å². The second-order valence-corrected chi connectivity index (χ2v) is 23.6. The zero-order chi connectivity index (χ0) is 56.3. The Hall–Kier alpha value is -4.59. The second kappa shape index (κ2) is 37.3. The van der Waals surface area contributed by atoms with Crippen LogP contribution in [-0.4, -0.2) is 78.7 Å². The summed E-state index contributed by atoms with van der Waals surface area (Å²) in [5.41, 5.74) is 0.712. The highest BCUT2D eigenvalue weighted by atomic mass is 31.2. The highest BCUT2D eigenvalue weighted by Gasteiger charge is 2.38.